The molecule has 1 heterocycles. The number of nitrogens with one attached hydrogen (secondary N) is 1. The maximum absolute atomic E-state index is 5.06. The molecule has 2 rings (SSSR count). The Morgan fingerprint density at radius 2 is 2.15 bits per heavy atom. The predicted octanol–water partition coefficient (Wildman–Crippen LogP) is 3.70. The molecule has 0 bridgehead atoms. The Hall–Kier alpha value is -1.33. The number of imidazole rings is 1. The second-order valence-electron chi connectivity index (χ2n) is 4.80. The van der Waals surface area contributed by atoms with E-state index in [-0.39, 0.29) is 0 Å². The van der Waals surface area contributed by atoms with E-state index in [0.717, 1.165) is 41.4 Å². The van der Waals surface area contributed by atoms with Crippen molar-refractivity contribution >= 4 is 21.9 Å². The highest BCUT2D eigenvalue weighted by Gasteiger charge is 2.10. The van der Waals surface area contributed by atoms with Crippen LogP contribution in [0.25, 0.3) is 5.69 Å². The van der Waals surface area contributed by atoms with Gasteiger partial charge in [-0.15, -0.1) is 0 Å². The summed E-state index contributed by atoms with van der Waals surface area (Å²) in [5.74, 6) is 0.866. The fourth-order valence-electron chi connectivity index (χ4n) is 2.03. The average molecular weight is 338 g/mol. The summed E-state index contributed by atoms with van der Waals surface area (Å²) in [7, 11) is 1.72. The number of nitrogens with zero attached hydrogens (tertiary/aromatic N) is 2. The van der Waals surface area contributed by atoms with Gasteiger partial charge >= 0.3 is 0 Å². The lowest BCUT2D eigenvalue weighted by atomic mass is 10.2. The lowest BCUT2D eigenvalue weighted by Crippen LogP contribution is -2.09. The summed E-state index contributed by atoms with van der Waals surface area (Å²) < 4.78 is 8.20. The summed E-state index contributed by atoms with van der Waals surface area (Å²) >= 11 is 3.61. The van der Waals surface area contributed by atoms with Gasteiger partial charge in [0.05, 0.1) is 11.4 Å². The number of aromatic nitrogens is 2. The Labute approximate surface area is 128 Å². The summed E-state index contributed by atoms with van der Waals surface area (Å²) in [6.07, 6.45) is 3.00. The van der Waals surface area contributed by atoms with Gasteiger partial charge in [-0.1, -0.05) is 6.07 Å². The largest absolute Gasteiger partial charge is 0.385 e. The van der Waals surface area contributed by atoms with Crippen LogP contribution in [0.1, 0.15) is 17.7 Å². The Kier molecular flexibility index (Phi) is 5.20. The first-order chi connectivity index (χ1) is 9.61. The first-order valence-electron chi connectivity index (χ1n) is 6.67. The molecule has 0 aliphatic carbocycles. The molecule has 1 aromatic heterocycles. The van der Waals surface area contributed by atoms with Gasteiger partial charge in [-0.3, -0.25) is 4.57 Å². The number of hydrogen-bond donors (Lipinski definition) is 1. The molecule has 0 saturated carbocycles. The SMILES string of the molecule is COCCCNc1nc(C)cn1-c1cc(C)ccc1Br. The van der Waals surface area contributed by atoms with E-state index in [2.05, 4.69) is 55.9 Å². The Morgan fingerprint density at radius 3 is 2.90 bits per heavy atom. The lowest BCUT2D eigenvalue weighted by Gasteiger charge is -2.12. The van der Waals surface area contributed by atoms with E-state index >= 15 is 0 Å². The van der Waals surface area contributed by atoms with Gasteiger partial charge in [0.1, 0.15) is 0 Å². The van der Waals surface area contributed by atoms with Crippen molar-refractivity contribution in [1.29, 1.82) is 0 Å². The summed E-state index contributed by atoms with van der Waals surface area (Å²) in [5, 5.41) is 3.37. The van der Waals surface area contributed by atoms with E-state index in [9.17, 15) is 0 Å². The molecular weight excluding hydrogens is 318 g/mol. The zero-order valence-corrected chi connectivity index (χ0v) is 13.7. The molecule has 4 nitrogen and oxygen atoms in total. The van der Waals surface area contributed by atoms with E-state index < -0.39 is 0 Å². The summed E-state index contributed by atoms with van der Waals surface area (Å²) in [4.78, 5) is 4.55. The highest BCUT2D eigenvalue weighted by molar-refractivity contribution is 9.10. The molecule has 0 radical (unpaired) electrons. The molecule has 0 unspecified atom stereocenters. The zero-order valence-electron chi connectivity index (χ0n) is 12.1. The molecule has 0 saturated heterocycles. The van der Waals surface area contributed by atoms with Gasteiger partial charge in [0.15, 0.2) is 0 Å². The molecule has 1 aromatic carbocycles. The number of ether oxygens (including phenoxy) is 1. The molecule has 2 aromatic rings. The maximum Gasteiger partial charge on any atom is 0.207 e. The van der Waals surface area contributed by atoms with Crippen molar-refractivity contribution in [3.63, 3.8) is 0 Å². The highest BCUT2D eigenvalue weighted by Crippen LogP contribution is 2.25. The van der Waals surface area contributed by atoms with Crippen molar-refractivity contribution in [2.75, 3.05) is 25.6 Å². The normalized spacial score (nSPS) is 10.8. The van der Waals surface area contributed by atoms with Crippen molar-refractivity contribution in [2.45, 2.75) is 20.3 Å². The number of halogens is 1. The van der Waals surface area contributed by atoms with Crippen LogP contribution in [0.4, 0.5) is 5.95 Å². The summed E-state index contributed by atoms with van der Waals surface area (Å²) in [5.41, 5.74) is 3.31. The van der Waals surface area contributed by atoms with E-state index in [0.29, 0.717) is 0 Å². The Balaban J connectivity index is 2.25. The molecule has 0 fully saturated rings. The van der Waals surface area contributed by atoms with Crippen molar-refractivity contribution in [2.24, 2.45) is 0 Å². The molecule has 20 heavy (non-hydrogen) atoms. The van der Waals surface area contributed by atoms with E-state index in [4.69, 9.17) is 4.74 Å². The molecule has 108 valence electrons. The molecule has 5 heteroatoms. The van der Waals surface area contributed by atoms with Gasteiger partial charge in [-0.05, 0) is 53.9 Å². The van der Waals surface area contributed by atoms with Gasteiger partial charge in [-0.2, -0.15) is 0 Å². The molecule has 0 aliphatic rings. The van der Waals surface area contributed by atoms with Crippen LogP contribution in [-0.4, -0.2) is 29.8 Å². The van der Waals surface area contributed by atoms with Gasteiger partial charge in [0.25, 0.3) is 0 Å². The van der Waals surface area contributed by atoms with Crippen molar-refractivity contribution < 1.29 is 4.74 Å². The minimum absolute atomic E-state index is 0.751. The maximum atomic E-state index is 5.06. The molecule has 0 amide bonds. The van der Waals surface area contributed by atoms with Gasteiger partial charge in [0.2, 0.25) is 5.95 Å². The van der Waals surface area contributed by atoms with E-state index in [1.807, 2.05) is 13.1 Å². The topological polar surface area (TPSA) is 39.1 Å². The van der Waals surface area contributed by atoms with Crippen molar-refractivity contribution in [3.05, 3.63) is 40.1 Å². The fourth-order valence-corrected chi connectivity index (χ4v) is 2.47. The number of rotatable bonds is 6. The molecule has 1 N–H and O–H groups in total. The number of aryl methyl sites for hydroxylation is 2. The lowest BCUT2D eigenvalue weighted by molar-refractivity contribution is 0.197. The quantitative estimate of drug-likeness (QED) is 0.817. The molecular formula is C15H20BrN3O. The second kappa shape index (κ2) is 6.90. The van der Waals surface area contributed by atoms with Crippen LogP contribution >= 0.6 is 15.9 Å². The fraction of sp³-hybridized carbons (Fsp3) is 0.400. The van der Waals surface area contributed by atoms with Crippen LogP contribution in [0.3, 0.4) is 0 Å². The number of hydrogen-bond acceptors (Lipinski definition) is 3. The number of methoxy groups -OCH3 is 1. The second-order valence-corrected chi connectivity index (χ2v) is 5.66. The first kappa shape index (κ1) is 15.1. The minimum Gasteiger partial charge on any atom is -0.385 e. The van der Waals surface area contributed by atoms with Gasteiger partial charge in [0, 0.05) is 30.9 Å². The van der Waals surface area contributed by atoms with E-state index in [1.54, 1.807) is 7.11 Å². The number of anilines is 1. The standard InChI is InChI=1S/C15H20BrN3O/c1-11-5-6-13(16)14(9-11)19-10-12(2)18-15(19)17-7-4-8-20-3/h5-6,9-10H,4,7-8H2,1-3H3,(H,17,18). The van der Waals surface area contributed by atoms with Crippen molar-refractivity contribution in [1.82, 2.24) is 9.55 Å². The third-order valence-electron chi connectivity index (χ3n) is 3.00. The summed E-state index contributed by atoms with van der Waals surface area (Å²) in [6, 6.07) is 6.29. The van der Waals surface area contributed by atoms with Crippen LogP contribution in [0.2, 0.25) is 0 Å². The van der Waals surface area contributed by atoms with Crippen LogP contribution in [0.5, 0.6) is 0 Å². The smallest absolute Gasteiger partial charge is 0.207 e. The minimum atomic E-state index is 0.751. The molecule has 0 atom stereocenters. The highest BCUT2D eigenvalue weighted by atomic mass is 79.9. The zero-order chi connectivity index (χ0) is 14.5. The van der Waals surface area contributed by atoms with Gasteiger partial charge in [-0.25, -0.2) is 4.98 Å². The van der Waals surface area contributed by atoms with Crippen molar-refractivity contribution in [3.8, 4) is 5.69 Å². The third-order valence-corrected chi connectivity index (χ3v) is 3.67. The van der Waals surface area contributed by atoms with Crippen LogP contribution in [0, 0.1) is 13.8 Å². The Bertz CT molecular complexity index is 580. The van der Waals surface area contributed by atoms with Crippen LogP contribution in [0.15, 0.2) is 28.9 Å². The summed E-state index contributed by atoms with van der Waals surface area (Å²) in [6.45, 7) is 5.68. The average Bonchev–Trinajstić information content (AvgIpc) is 2.78. The van der Waals surface area contributed by atoms with E-state index in [1.165, 1.54) is 5.56 Å². The first-order valence-corrected chi connectivity index (χ1v) is 7.46. The Morgan fingerprint density at radius 1 is 1.35 bits per heavy atom. The molecule has 0 spiro atoms. The molecule has 0 aliphatic heterocycles. The number of benzene rings is 1. The van der Waals surface area contributed by atoms with Gasteiger partial charge < -0.3 is 10.1 Å². The van der Waals surface area contributed by atoms with Crippen LogP contribution < -0.4 is 5.32 Å². The predicted molar refractivity (Wildman–Crippen MR) is 85.7 cm³/mol. The third kappa shape index (κ3) is 3.61. The monoisotopic (exact) mass is 337 g/mol. The van der Waals surface area contributed by atoms with Crippen LogP contribution in [-0.2, 0) is 4.74 Å².